The van der Waals surface area contributed by atoms with Crippen LogP contribution in [0.4, 0.5) is 5.82 Å². The molecule has 0 aromatic carbocycles. The minimum atomic E-state index is -0.546. The summed E-state index contributed by atoms with van der Waals surface area (Å²) >= 11 is 0. The standard InChI is InChI=1S/C17H24N6O2/c18-15-14-16(20-9-19-15)23(10-21-14)12-5-7-22(8-6-13(12)24)17(25)11-3-1-2-4-11/h9-13,24H,1-8H2,(H2,18,19,20)/t12-,13-/m0/s1. The second-order valence-electron chi connectivity index (χ2n) is 7.10. The number of nitrogen functional groups attached to an aromatic ring is 1. The number of amides is 1. The van der Waals surface area contributed by atoms with Gasteiger partial charge in [0.15, 0.2) is 11.5 Å². The summed E-state index contributed by atoms with van der Waals surface area (Å²) in [4.78, 5) is 27.2. The van der Waals surface area contributed by atoms with E-state index >= 15 is 0 Å². The lowest BCUT2D eigenvalue weighted by molar-refractivity contribution is -0.135. The van der Waals surface area contributed by atoms with E-state index in [0.717, 1.165) is 25.7 Å². The van der Waals surface area contributed by atoms with Crippen LogP contribution in [0.1, 0.15) is 44.6 Å². The number of rotatable bonds is 2. The highest BCUT2D eigenvalue weighted by Crippen LogP contribution is 2.30. The van der Waals surface area contributed by atoms with Crippen molar-refractivity contribution in [2.75, 3.05) is 18.8 Å². The quantitative estimate of drug-likeness (QED) is 0.845. The van der Waals surface area contributed by atoms with Crippen molar-refractivity contribution in [2.45, 2.75) is 50.7 Å². The minimum absolute atomic E-state index is 0.166. The summed E-state index contributed by atoms with van der Waals surface area (Å²) in [5.41, 5.74) is 7.04. The fourth-order valence-electron chi connectivity index (χ4n) is 4.16. The Kier molecular flexibility index (Phi) is 4.29. The molecule has 2 atom stereocenters. The van der Waals surface area contributed by atoms with Crippen molar-refractivity contribution in [2.24, 2.45) is 5.92 Å². The molecule has 0 unspecified atom stereocenters. The molecule has 4 rings (SSSR count). The minimum Gasteiger partial charge on any atom is -0.391 e. The normalized spacial score (nSPS) is 25.4. The number of nitrogens with zero attached hydrogens (tertiary/aromatic N) is 5. The van der Waals surface area contributed by atoms with Gasteiger partial charge in [0, 0.05) is 19.0 Å². The SMILES string of the molecule is Nc1ncnc2c1ncn2[C@H]1CCN(C(=O)C2CCCC2)CC[C@@H]1O. The van der Waals surface area contributed by atoms with Gasteiger partial charge in [0.1, 0.15) is 11.8 Å². The lowest BCUT2D eigenvalue weighted by atomic mass is 10.1. The van der Waals surface area contributed by atoms with Crippen molar-refractivity contribution in [3.63, 3.8) is 0 Å². The molecule has 3 heterocycles. The summed E-state index contributed by atoms with van der Waals surface area (Å²) in [5, 5.41) is 10.7. The summed E-state index contributed by atoms with van der Waals surface area (Å²) in [6, 6.07) is -0.166. The molecule has 2 aliphatic rings. The van der Waals surface area contributed by atoms with E-state index in [4.69, 9.17) is 5.73 Å². The number of hydrogen-bond acceptors (Lipinski definition) is 6. The fraction of sp³-hybridized carbons (Fsp3) is 0.647. The predicted molar refractivity (Wildman–Crippen MR) is 92.6 cm³/mol. The molecule has 1 saturated heterocycles. The molecule has 25 heavy (non-hydrogen) atoms. The molecule has 2 aromatic rings. The monoisotopic (exact) mass is 344 g/mol. The molecule has 0 bridgehead atoms. The highest BCUT2D eigenvalue weighted by Gasteiger charge is 2.32. The first-order valence-electron chi connectivity index (χ1n) is 9.05. The van der Waals surface area contributed by atoms with E-state index in [0.29, 0.717) is 42.9 Å². The first-order chi connectivity index (χ1) is 12.1. The zero-order valence-electron chi connectivity index (χ0n) is 14.2. The number of anilines is 1. The Hall–Kier alpha value is -2.22. The van der Waals surface area contributed by atoms with Crippen molar-refractivity contribution in [3.05, 3.63) is 12.7 Å². The molecule has 0 radical (unpaired) electrons. The van der Waals surface area contributed by atoms with Crippen molar-refractivity contribution in [3.8, 4) is 0 Å². The molecular weight excluding hydrogens is 320 g/mol. The van der Waals surface area contributed by atoms with Gasteiger partial charge >= 0.3 is 0 Å². The van der Waals surface area contributed by atoms with E-state index in [1.807, 2.05) is 9.47 Å². The van der Waals surface area contributed by atoms with E-state index in [1.54, 1.807) is 6.33 Å². The van der Waals surface area contributed by atoms with Crippen LogP contribution in [0.15, 0.2) is 12.7 Å². The number of aliphatic hydroxyl groups excluding tert-OH is 1. The number of imidazole rings is 1. The molecule has 8 nitrogen and oxygen atoms in total. The van der Waals surface area contributed by atoms with Crippen molar-refractivity contribution >= 4 is 22.9 Å². The Labute approximate surface area is 146 Å². The first-order valence-corrected chi connectivity index (χ1v) is 9.05. The number of carbonyl (C=O) groups is 1. The Balaban J connectivity index is 1.55. The maximum Gasteiger partial charge on any atom is 0.225 e. The summed E-state index contributed by atoms with van der Waals surface area (Å²) in [6.45, 7) is 1.26. The van der Waals surface area contributed by atoms with Crippen LogP contribution in [-0.2, 0) is 4.79 Å². The van der Waals surface area contributed by atoms with Crippen molar-refractivity contribution < 1.29 is 9.90 Å². The van der Waals surface area contributed by atoms with Gasteiger partial charge in [-0.25, -0.2) is 15.0 Å². The molecule has 1 amide bonds. The van der Waals surface area contributed by atoms with E-state index in [9.17, 15) is 9.90 Å². The second kappa shape index (κ2) is 6.59. The lowest BCUT2D eigenvalue weighted by Crippen LogP contribution is -2.36. The Morgan fingerprint density at radius 1 is 1.12 bits per heavy atom. The van der Waals surface area contributed by atoms with E-state index in [1.165, 1.54) is 6.33 Å². The highest BCUT2D eigenvalue weighted by atomic mass is 16.3. The van der Waals surface area contributed by atoms with Gasteiger partial charge in [0.05, 0.1) is 18.5 Å². The fourth-order valence-corrected chi connectivity index (χ4v) is 4.16. The Bertz CT molecular complexity index is 770. The van der Waals surface area contributed by atoms with Crippen LogP contribution < -0.4 is 5.73 Å². The number of nitrogens with two attached hydrogens (primary N) is 1. The highest BCUT2D eigenvalue weighted by molar-refractivity contribution is 5.81. The third-order valence-corrected chi connectivity index (χ3v) is 5.59. The second-order valence-corrected chi connectivity index (χ2v) is 7.10. The van der Waals surface area contributed by atoms with Crippen LogP contribution in [0.25, 0.3) is 11.2 Å². The zero-order valence-corrected chi connectivity index (χ0v) is 14.2. The molecule has 2 fully saturated rings. The smallest absolute Gasteiger partial charge is 0.225 e. The van der Waals surface area contributed by atoms with Crippen LogP contribution in [0.5, 0.6) is 0 Å². The summed E-state index contributed by atoms with van der Waals surface area (Å²) in [6.07, 6.45) is 8.07. The van der Waals surface area contributed by atoms with Gasteiger partial charge in [-0.1, -0.05) is 12.8 Å². The van der Waals surface area contributed by atoms with Gasteiger partial charge in [0.25, 0.3) is 0 Å². The van der Waals surface area contributed by atoms with Crippen LogP contribution in [-0.4, -0.2) is 54.6 Å². The van der Waals surface area contributed by atoms with Crippen molar-refractivity contribution in [1.82, 2.24) is 24.4 Å². The lowest BCUT2D eigenvalue weighted by Gasteiger charge is -2.24. The first kappa shape index (κ1) is 16.3. The maximum absolute atomic E-state index is 12.7. The van der Waals surface area contributed by atoms with Crippen LogP contribution in [0.3, 0.4) is 0 Å². The van der Waals surface area contributed by atoms with Crippen LogP contribution >= 0.6 is 0 Å². The van der Waals surface area contributed by atoms with Gasteiger partial charge in [0.2, 0.25) is 5.91 Å². The van der Waals surface area contributed by atoms with Crippen LogP contribution in [0.2, 0.25) is 0 Å². The van der Waals surface area contributed by atoms with Gasteiger partial charge in [-0.05, 0) is 25.7 Å². The summed E-state index contributed by atoms with van der Waals surface area (Å²) in [7, 11) is 0. The summed E-state index contributed by atoms with van der Waals surface area (Å²) < 4.78 is 1.88. The average Bonchev–Trinajstić information content (AvgIpc) is 3.24. The average molecular weight is 344 g/mol. The molecule has 0 spiro atoms. The molecule has 8 heteroatoms. The van der Waals surface area contributed by atoms with Gasteiger partial charge in [-0.15, -0.1) is 0 Å². The third-order valence-electron chi connectivity index (χ3n) is 5.59. The Morgan fingerprint density at radius 3 is 2.68 bits per heavy atom. The molecule has 1 saturated carbocycles. The molecule has 1 aliphatic carbocycles. The number of aliphatic hydroxyl groups is 1. The van der Waals surface area contributed by atoms with E-state index < -0.39 is 6.10 Å². The van der Waals surface area contributed by atoms with E-state index in [-0.39, 0.29) is 17.9 Å². The number of aromatic nitrogens is 4. The topological polar surface area (TPSA) is 110 Å². The molecule has 134 valence electrons. The van der Waals surface area contributed by atoms with Crippen LogP contribution in [0, 0.1) is 5.92 Å². The molecule has 3 N–H and O–H groups in total. The number of fused-ring (bicyclic) bond motifs is 1. The molecule has 2 aromatic heterocycles. The predicted octanol–water partition coefficient (Wildman–Crippen LogP) is 1.12. The largest absolute Gasteiger partial charge is 0.391 e. The number of likely N-dealkylation sites (tertiary alicyclic amines) is 1. The number of carbonyl (C=O) groups excluding carboxylic acids is 1. The summed E-state index contributed by atoms with van der Waals surface area (Å²) in [5.74, 6) is 0.771. The maximum atomic E-state index is 12.7. The number of hydrogen-bond donors (Lipinski definition) is 2. The van der Waals surface area contributed by atoms with Gasteiger partial charge < -0.3 is 20.3 Å². The van der Waals surface area contributed by atoms with Gasteiger partial charge in [-0.3, -0.25) is 4.79 Å². The Morgan fingerprint density at radius 2 is 1.88 bits per heavy atom. The zero-order chi connectivity index (χ0) is 17.4. The molecular formula is C17H24N6O2. The molecule has 1 aliphatic heterocycles. The van der Waals surface area contributed by atoms with Crippen molar-refractivity contribution in [1.29, 1.82) is 0 Å². The third kappa shape index (κ3) is 2.95. The van der Waals surface area contributed by atoms with E-state index in [2.05, 4.69) is 15.0 Å². The van der Waals surface area contributed by atoms with Gasteiger partial charge in [-0.2, -0.15) is 0 Å².